The summed E-state index contributed by atoms with van der Waals surface area (Å²) in [5.41, 5.74) is -0.527. The largest absolute Gasteiger partial charge is 0.444 e. The number of carbonyl (C=O) groups is 2. The lowest BCUT2D eigenvalue weighted by Crippen LogP contribution is -2.47. The predicted molar refractivity (Wildman–Crippen MR) is 68.7 cm³/mol. The lowest BCUT2D eigenvalue weighted by molar-refractivity contribution is -0.130. The van der Waals surface area contributed by atoms with Crippen molar-refractivity contribution in [2.24, 2.45) is 5.92 Å². The van der Waals surface area contributed by atoms with Crippen molar-refractivity contribution in [2.75, 3.05) is 33.6 Å². The van der Waals surface area contributed by atoms with Crippen molar-refractivity contribution in [3.8, 4) is 0 Å². The Bertz CT molecular complexity index is 323. The van der Waals surface area contributed by atoms with E-state index in [1.807, 2.05) is 20.8 Å². The Kier molecular flexibility index (Phi) is 5.75. The highest BCUT2D eigenvalue weighted by Gasteiger charge is 2.32. The molecule has 1 saturated heterocycles. The molecule has 0 spiro atoms. The average molecular weight is 273 g/mol. The second-order valence-corrected chi connectivity index (χ2v) is 5.62. The van der Waals surface area contributed by atoms with E-state index in [4.69, 9.17) is 14.2 Å². The number of ether oxygens (including phenoxy) is 3. The first-order valence-electron chi connectivity index (χ1n) is 6.41. The summed E-state index contributed by atoms with van der Waals surface area (Å²) in [5, 5.41) is 0. The van der Waals surface area contributed by atoms with Crippen LogP contribution in [0.15, 0.2) is 0 Å². The Labute approximate surface area is 114 Å². The smallest absolute Gasteiger partial charge is 0.410 e. The van der Waals surface area contributed by atoms with Crippen LogP contribution < -0.4 is 0 Å². The van der Waals surface area contributed by atoms with Crippen molar-refractivity contribution in [3.05, 3.63) is 0 Å². The molecule has 110 valence electrons. The van der Waals surface area contributed by atoms with Gasteiger partial charge in [0.2, 0.25) is 0 Å². The Balaban J connectivity index is 2.49. The van der Waals surface area contributed by atoms with Crippen LogP contribution in [0.5, 0.6) is 0 Å². The van der Waals surface area contributed by atoms with Crippen LogP contribution in [0.3, 0.4) is 0 Å². The minimum atomic E-state index is -0.527. The van der Waals surface area contributed by atoms with Crippen LogP contribution in [-0.4, -0.2) is 56.0 Å². The van der Waals surface area contributed by atoms with E-state index in [9.17, 15) is 9.59 Å². The highest BCUT2D eigenvalue weighted by molar-refractivity contribution is 5.84. The molecule has 1 aliphatic heterocycles. The van der Waals surface area contributed by atoms with Crippen molar-refractivity contribution >= 4 is 11.9 Å². The van der Waals surface area contributed by atoms with Crippen molar-refractivity contribution in [1.82, 2.24) is 4.90 Å². The van der Waals surface area contributed by atoms with Gasteiger partial charge in [0.05, 0.1) is 12.5 Å². The van der Waals surface area contributed by atoms with E-state index >= 15 is 0 Å². The van der Waals surface area contributed by atoms with Crippen LogP contribution in [0.25, 0.3) is 0 Å². The van der Waals surface area contributed by atoms with Crippen LogP contribution >= 0.6 is 0 Å². The van der Waals surface area contributed by atoms with E-state index in [2.05, 4.69) is 0 Å². The van der Waals surface area contributed by atoms with Gasteiger partial charge in [0, 0.05) is 26.6 Å². The van der Waals surface area contributed by atoms with Gasteiger partial charge in [-0.05, 0) is 20.8 Å². The lowest BCUT2D eigenvalue weighted by Gasteiger charge is -2.33. The summed E-state index contributed by atoms with van der Waals surface area (Å²) in [5.74, 6) is -0.174. The average Bonchev–Trinajstić information content (AvgIpc) is 2.29. The molecule has 0 N–H and O–H groups in total. The third kappa shape index (κ3) is 5.57. The number of amides is 1. The Morgan fingerprint density at radius 3 is 2.68 bits per heavy atom. The third-order valence-electron chi connectivity index (χ3n) is 2.70. The molecule has 0 saturated carbocycles. The second-order valence-electron chi connectivity index (χ2n) is 5.62. The number of ketones is 1. The van der Waals surface area contributed by atoms with Gasteiger partial charge in [-0.1, -0.05) is 0 Å². The fraction of sp³-hybridized carbons (Fsp3) is 0.846. The molecule has 1 unspecified atom stereocenters. The van der Waals surface area contributed by atoms with Crippen molar-refractivity contribution in [3.63, 3.8) is 0 Å². The zero-order valence-corrected chi connectivity index (χ0v) is 12.1. The summed E-state index contributed by atoms with van der Waals surface area (Å²) in [6.45, 7) is 6.63. The van der Waals surface area contributed by atoms with Gasteiger partial charge < -0.3 is 19.1 Å². The molecule has 1 heterocycles. The van der Waals surface area contributed by atoms with Gasteiger partial charge in [-0.2, -0.15) is 0 Å². The first kappa shape index (κ1) is 15.9. The summed E-state index contributed by atoms with van der Waals surface area (Å²) < 4.78 is 15.3. The maximum absolute atomic E-state index is 11.9. The topological polar surface area (TPSA) is 65.1 Å². The van der Waals surface area contributed by atoms with E-state index in [-0.39, 0.29) is 31.2 Å². The minimum Gasteiger partial charge on any atom is -0.444 e. The number of hydrogen-bond donors (Lipinski definition) is 0. The zero-order valence-electron chi connectivity index (χ0n) is 12.1. The van der Waals surface area contributed by atoms with Gasteiger partial charge in [-0.3, -0.25) is 4.79 Å². The number of Topliss-reactive ketones (excluding diaryl/α,β-unsaturated/α-hetero) is 1. The summed E-state index contributed by atoms with van der Waals surface area (Å²) in [6.07, 6.45) is -0.0305. The Morgan fingerprint density at radius 1 is 1.42 bits per heavy atom. The molecule has 0 bridgehead atoms. The molecule has 1 aliphatic rings. The number of likely N-dealkylation sites (tertiary alicyclic amines) is 1. The van der Waals surface area contributed by atoms with Gasteiger partial charge in [-0.15, -0.1) is 0 Å². The number of hydrogen-bond acceptors (Lipinski definition) is 5. The third-order valence-corrected chi connectivity index (χ3v) is 2.70. The van der Waals surface area contributed by atoms with Gasteiger partial charge in [0.25, 0.3) is 0 Å². The standard InChI is InChI=1S/C13H23NO5/c1-13(2,3)19-12(16)14-6-5-11(15)10(7-14)8-18-9-17-4/h10H,5-9H2,1-4H3. The molecule has 1 atom stereocenters. The number of nitrogens with zero attached hydrogens (tertiary/aromatic N) is 1. The molecule has 19 heavy (non-hydrogen) atoms. The molecule has 1 amide bonds. The first-order chi connectivity index (χ1) is 8.83. The Morgan fingerprint density at radius 2 is 2.11 bits per heavy atom. The van der Waals surface area contributed by atoms with Gasteiger partial charge in [-0.25, -0.2) is 4.79 Å². The second kappa shape index (κ2) is 6.86. The quantitative estimate of drug-likeness (QED) is 0.572. The van der Waals surface area contributed by atoms with Crippen LogP contribution in [0.1, 0.15) is 27.2 Å². The molecule has 6 heteroatoms. The van der Waals surface area contributed by atoms with Gasteiger partial charge >= 0.3 is 6.09 Å². The lowest BCUT2D eigenvalue weighted by atomic mass is 9.98. The zero-order chi connectivity index (χ0) is 14.5. The molecular weight excluding hydrogens is 250 g/mol. The maximum Gasteiger partial charge on any atom is 0.410 e. The number of methoxy groups -OCH3 is 1. The van der Waals surface area contributed by atoms with E-state index in [0.29, 0.717) is 19.5 Å². The highest BCUT2D eigenvalue weighted by atomic mass is 16.7. The summed E-state index contributed by atoms with van der Waals surface area (Å²) in [7, 11) is 1.52. The molecule has 0 radical (unpaired) electrons. The minimum absolute atomic E-state index is 0.121. The molecular formula is C13H23NO5. The monoisotopic (exact) mass is 273 g/mol. The highest BCUT2D eigenvalue weighted by Crippen LogP contribution is 2.17. The molecule has 0 aromatic heterocycles. The van der Waals surface area contributed by atoms with E-state index in [1.54, 1.807) is 4.90 Å². The SMILES string of the molecule is COCOCC1CN(C(=O)OC(C)(C)C)CCC1=O. The molecule has 0 aromatic carbocycles. The normalized spacial score (nSPS) is 20.5. The number of piperidine rings is 1. The predicted octanol–water partition coefficient (Wildman–Crippen LogP) is 1.43. The molecule has 6 nitrogen and oxygen atoms in total. The summed E-state index contributed by atoms with van der Waals surface area (Å²) in [4.78, 5) is 25.2. The van der Waals surface area contributed by atoms with Crippen LogP contribution in [0.4, 0.5) is 4.79 Å². The molecule has 1 rings (SSSR count). The van der Waals surface area contributed by atoms with E-state index in [0.717, 1.165) is 0 Å². The van der Waals surface area contributed by atoms with E-state index in [1.165, 1.54) is 7.11 Å². The van der Waals surface area contributed by atoms with Gasteiger partial charge in [0.15, 0.2) is 0 Å². The maximum atomic E-state index is 11.9. The van der Waals surface area contributed by atoms with Crippen molar-refractivity contribution < 1.29 is 23.8 Å². The number of carbonyl (C=O) groups excluding carboxylic acids is 2. The van der Waals surface area contributed by atoms with Crippen molar-refractivity contribution in [2.45, 2.75) is 32.8 Å². The summed E-state index contributed by atoms with van der Waals surface area (Å²) in [6, 6.07) is 0. The first-order valence-corrected chi connectivity index (χ1v) is 6.41. The fourth-order valence-corrected chi connectivity index (χ4v) is 1.82. The van der Waals surface area contributed by atoms with Crippen LogP contribution in [0, 0.1) is 5.92 Å². The molecule has 1 fully saturated rings. The number of rotatable bonds is 4. The molecule has 0 aromatic rings. The van der Waals surface area contributed by atoms with E-state index < -0.39 is 5.60 Å². The van der Waals surface area contributed by atoms with Gasteiger partial charge in [0.1, 0.15) is 18.2 Å². The van der Waals surface area contributed by atoms with Crippen LogP contribution in [0.2, 0.25) is 0 Å². The van der Waals surface area contributed by atoms with Crippen molar-refractivity contribution in [1.29, 1.82) is 0 Å². The van der Waals surface area contributed by atoms with Crippen LogP contribution in [-0.2, 0) is 19.0 Å². The Hall–Kier alpha value is -1.14. The summed E-state index contributed by atoms with van der Waals surface area (Å²) >= 11 is 0. The fourth-order valence-electron chi connectivity index (χ4n) is 1.82. The molecule has 0 aliphatic carbocycles.